The van der Waals surface area contributed by atoms with Crippen LogP contribution in [0.4, 0.5) is 5.69 Å². The highest BCUT2D eigenvalue weighted by atomic mass is 35.5. The molecule has 1 aromatic rings. The van der Waals surface area contributed by atoms with Gasteiger partial charge < -0.3 is 10.1 Å². The lowest BCUT2D eigenvalue weighted by Crippen LogP contribution is -2.18. The number of nitriles is 1. The maximum absolute atomic E-state index is 8.81. The van der Waals surface area contributed by atoms with E-state index in [4.69, 9.17) is 21.6 Å². The van der Waals surface area contributed by atoms with Crippen molar-refractivity contribution in [2.45, 2.75) is 0 Å². The van der Waals surface area contributed by atoms with E-state index < -0.39 is 0 Å². The van der Waals surface area contributed by atoms with Crippen LogP contribution in [-0.4, -0.2) is 13.2 Å². The first-order valence-electron chi connectivity index (χ1n) is 3.91. The molecule has 3 nitrogen and oxygen atoms in total. The molecule has 0 amide bonds. The second kappa shape index (κ2) is 3.15. The fraction of sp³-hybridized carbons (Fsp3) is 0.222. The molecule has 0 aliphatic carbocycles. The molecule has 66 valence electrons. The normalized spacial score (nSPS) is 13.5. The van der Waals surface area contributed by atoms with E-state index in [0.717, 1.165) is 12.2 Å². The smallest absolute Gasteiger partial charge is 0.145 e. The van der Waals surface area contributed by atoms with E-state index in [1.807, 2.05) is 0 Å². The van der Waals surface area contributed by atoms with Crippen LogP contribution >= 0.6 is 11.6 Å². The largest absolute Gasteiger partial charge is 0.489 e. The summed E-state index contributed by atoms with van der Waals surface area (Å²) in [5.74, 6) is 0.662. The Hall–Kier alpha value is -1.40. The van der Waals surface area contributed by atoms with Crippen molar-refractivity contribution >= 4 is 17.3 Å². The molecular formula is C9H7ClN2O. The van der Waals surface area contributed by atoms with Gasteiger partial charge in [0, 0.05) is 17.6 Å². The van der Waals surface area contributed by atoms with Crippen molar-refractivity contribution in [2.75, 3.05) is 18.5 Å². The van der Waals surface area contributed by atoms with Crippen LogP contribution in [0, 0.1) is 11.3 Å². The van der Waals surface area contributed by atoms with Gasteiger partial charge in [-0.25, -0.2) is 0 Å². The van der Waals surface area contributed by atoms with Crippen LogP contribution in [0.3, 0.4) is 0 Å². The van der Waals surface area contributed by atoms with E-state index in [0.29, 0.717) is 22.9 Å². The molecule has 13 heavy (non-hydrogen) atoms. The fourth-order valence-electron chi connectivity index (χ4n) is 1.30. The monoisotopic (exact) mass is 194 g/mol. The summed E-state index contributed by atoms with van der Waals surface area (Å²) in [7, 11) is 0. The molecule has 0 aromatic heterocycles. The van der Waals surface area contributed by atoms with Gasteiger partial charge >= 0.3 is 0 Å². The van der Waals surface area contributed by atoms with E-state index in [1.54, 1.807) is 12.1 Å². The summed E-state index contributed by atoms with van der Waals surface area (Å²) in [6.07, 6.45) is 0. The third-order valence-corrected chi connectivity index (χ3v) is 2.07. The summed E-state index contributed by atoms with van der Waals surface area (Å²) in [5, 5.41) is 12.4. The van der Waals surface area contributed by atoms with Crippen molar-refractivity contribution in [1.29, 1.82) is 5.26 Å². The lowest BCUT2D eigenvalue weighted by molar-refractivity contribution is 0.323. The van der Waals surface area contributed by atoms with Crippen molar-refractivity contribution < 1.29 is 4.74 Å². The Labute approximate surface area is 80.9 Å². The molecule has 0 radical (unpaired) electrons. The van der Waals surface area contributed by atoms with Gasteiger partial charge in [-0.05, 0) is 6.07 Å². The molecular weight excluding hydrogens is 188 g/mol. The number of hydrogen-bond acceptors (Lipinski definition) is 3. The van der Waals surface area contributed by atoms with Crippen LogP contribution in [-0.2, 0) is 0 Å². The summed E-state index contributed by atoms with van der Waals surface area (Å²) < 4.78 is 5.35. The maximum Gasteiger partial charge on any atom is 0.145 e. The molecule has 0 bridgehead atoms. The van der Waals surface area contributed by atoms with Gasteiger partial charge in [-0.15, -0.1) is 0 Å². The van der Waals surface area contributed by atoms with Gasteiger partial charge in [0.25, 0.3) is 0 Å². The zero-order valence-corrected chi connectivity index (χ0v) is 7.56. The number of hydrogen-bond donors (Lipinski definition) is 1. The zero-order valence-electron chi connectivity index (χ0n) is 6.80. The number of fused-ring (bicyclic) bond motifs is 1. The number of ether oxygens (including phenoxy) is 1. The van der Waals surface area contributed by atoms with Crippen molar-refractivity contribution in [2.24, 2.45) is 0 Å². The van der Waals surface area contributed by atoms with Gasteiger partial charge in [0.2, 0.25) is 0 Å². The number of nitrogens with one attached hydrogen (secondary N) is 1. The average Bonchev–Trinajstić information content (AvgIpc) is 2.16. The Bertz CT molecular complexity index is 384. The molecule has 4 heteroatoms. The fourth-order valence-corrected chi connectivity index (χ4v) is 1.51. The van der Waals surface area contributed by atoms with Crippen LogP contribution in [0.25, 0.3) is 0 Å². The van der Waals surface area contributed by atoms with E-state index in [9.17, 15) is 0 Å². The van der Waals surface area contributed by atoms with E-state index in [1.165, 1.54) is 0 Å². The highest BCUT2D eigenvalue weighted by Crippen LogP contribution is 2.33. The van der Waals surface area contributed by atoms with Crippen molar-refractivity contribution in [3.8, 4) is 11.8 Å². The van der Waals surface area contributed by atoms with E-state index >= 15 is 0 Å². The Morgan fingerprint density at radius 2 is 2.38 bits per heavy atom. The van der Waals surface area contributed by atoms with Gasteiger partial charge in [-0.3, -0.25) is 0 Å². The third-order valence-electron chi connectivity index (χ3n) is 1.85. The minimum absolute atomic E-state index is 0.527. The first-order valence-corrected chi connectivity index (χ1v) is 4.29. The number of benzene rings is 1. The van der Waals surface area contributed by atoms with Crippen LogP contribution in [0.2, 0.25) is 5.02 Å². The standard InChI is InChI=1S/C9H7ClN2O/c10-7-3-6(5-11)9-8(4-7)13-2-1-12-9/h3-4,12H,1-2H2. The summed E-state index contributed by atoms with van der Waals surface area (Å²) in [6, 6.07) is 5.41. The summed E-state index contributed by atoms with van der Waals surface area (Å²) in [5.41, 5.74) is 1.28. The van der Waals surface area contributed by atoms with Gasteiger partial charge in [0.15, 0.2) is 0 Å². The van der Waals surface area contributed by atoms with Crippen molar-refractivity contribution in [1.82, 2.24) is 0 Å². The minimum atomic E-state index is 0.527. The Morgan fingerprint density at radius 1 is 1.54 bits per heavy atom. The molecule has 1 N–H and O–H groups in total. The molecule has 0 unspecified atom stereocenters. The van der Waals surface area contributed by atoms with Crippen molar-refractivity contribution in [3.63, 3.8) is 0 Å². The van der Waals surface area contributed by atoms with E-state index in [-0.39, 0.29) is 0 Å². The molecule has 1 aliphatic heterocycles. The van der Waals surface area contributed by atoms with Gasteiger partial charge in [0.05, 0.1) is 11.3 Å². The van der Waals surface area contributed by atoms with Crippen LogP contribution < -0.4 is 10.1 Å². The predicted octanol–water partition coefficient (Wildman–Crippen LogP) is 2.02. The average molecular weight is 195 g/mol. The van der Waals surface area contributed by atoms with Crippen LogP contribution in [0.5, 0.6) is 5.75 Å². The molecule has 0 atom stereocenters. The molecule has 2 rings (SSSR count). The van der Waals surface area contributed by atoms with E-state index in [2.05, 4.69) is 11.4 Å². The number of nitrogens with zero attached hydrogens (tertiary/aromatic N) is 1. The van der Waals surface area contributed by atoms with Gasteiger partial charge in [-0.2, -0.15) is 5.26 Å². The second-order valence-electron chi connectivity index (χ2n) is 2.71. The molecule has 1 aliphatic rings. The molecule has 0 saturated carbocycles. The van der Waals surface area contributed by atoms with Gasteiger partial charge in [0.1, 0.15) is 18.4 Å². The molecule has 0 saturated heterocycles. The Balaban J connectivity index is 2.58. The maximum atomic E-state index is 8.81. The SMILES string of the molecule is N#Cc1cc(Cl)cc2c1NCCO2. The molecule has 1 aromatic carbocycles. The summed E-state index contributed by atoms with van der Waals surface area (Å²) in [6.45, 7) is 1.33. The number of rotatable bonds is 0. The van der Waals surface area contributed by atoms with Crippen LogP contribution in [0.15, 0.2) is 12.1 Å². The second-order valence-corrected chi connectivity index (χ2v) is 3.15. The summed E-state index contributed by atoms with van der Waals surface area (Å²) in [4.78, 5) is 0. The first-order chi connectivity index (χ1) is 6.31. The highest BCUT2D eigenvalue weighted by molar-refractivity contribution is 6.31. The lowest BCUT2D eigenvalue weighted by atomic mass is 10.1. The minimum Gasteiger partial charge on any atom is -0.489 e. The number of halogens is 1. The number of anilines is 1. The van der Waals surface area contributed by atoms with Crippen LogP contribution in [0.1, 0.15) is 5.56 Å². The quantitative estimate of drug-likeness (QED) is 0.687. The third kappa shape index (κ3) is 1.41. The lowest BCUT2D eigenvalue weighted by Gasteiger charge is -2.20. The molecule has 0 fully saturated rings. The molecule has 0 spiro atoms. The Morgan fingerprint density at radius 3 is 3.15 bits per heavy atom. The van der Waals surface area contributed by atoms with Gasteiger partial charge in [-0.1, -0.05) is 11.6 Å². The topological polar surface area (TPSA) is 45.0 Å². The van der Waals surface area contributed by atoms with Crippen molar-refractivity contribution in [3.05, 3.63) is 22.7 Å². The molecule has 1 heterocycles. The predicted molar refractivity (Wildman–Crippen MR) is 50.2 cm³/mol. The highest BCUT2D eigenvalue weighted by Gasteiger charge is 2.14. The summed E-state index contributed by atoms with van der Waals surface area (Å²) >= 11 is 5.80. The Kier molecular flexibility index (Phi) is 1.99. The zero-order chi connectivity index (χ0) is 9.26. The first kappa shape index (κ1) is 8.21.